The quantitative estimate of drug-likeness (QED) is 0.276. The molecule has 164 valence electrons. The zero-order valence-corrected chi connectivity index (χ0v) is 16.7. The molecule has 0 radical (unpaired) electrons. The van der Waals surface area contributed by atoms with Crippen LogP contribution < -0.4 is 4.74 Å². The first kappa shape index (κ1) is 23.7. The summed E-state index contributed by atoms with van der Waals surface area (Å²) < 4.78 is 43.4. The van der Waals surface area contributed by atoms with Crippen LogP contribution in [-0.2, 0) is 15.8 Å². The van der Waals surface area contributed by atoms with Crippen LogP contribution in [0.15, 0.2) is 48.6 Å². The first-order valence-corrected chi connectivity index (χ1v) is 10.1. The van der Waals surface area contributed by atoms with Gasteiger partial charge in [-0.15, -0.1) is 0 Å². The third-order valence-electron chi connectivity index (χ3n) is 5.16. The first-order chi connectivity index (χ1) is 14.3. The molecule has 1 aliphatic carbocycles. The van der Waals surface area contributed by atoms with Crippen LogP contribution in [0.1, 0.15) is 50.5 Å². The fourth-order valence-corrected chi connectivity index (χ4v) is 3.57. The molecule has 1 saturated carbocycles. The molecule has 0 heterocycles. The maximum absolute atomic E-state index is 12.7. The number of allylic oxidation sites excluding steroid dienone is 3. The minimum Gasteiger partial charge on any atom is -0.485 e. The predicted octanol–water partition coefficient (Wildman–Crippen LogP) is 5.83. The SMILES string of the molecule is O=C(O)CCC/C=C\C[C@H]1CCCC1/C=C/C(=O)COc1cccc(C(F)(F)F)c1. The van der Waals surface area contributed by atoms with Gasteiger partial charge in [0.15, 0.2) is 12.4 Å². The van der Waals surface area contributed by atoms with E-state index >= 15 is 0 Å². The van der Waals surface area contributed by atoms with Gasteiger partial charge in [-0.25, -0.2) is 0 Å². The Balaban J connectivity index is 1.77. The second-order valence-corrected chi connectivity index (χ2v) is 7.49. The largest absolute Gasteiger partial charge is 0.485 e. The Morgan fingerprint density at radius 2 is 2.00 bits per heavy atom. The van der Waals surface area contributed by atoms with Gasteiger partial charge in [-0.3, -0.25) is 9.59 Å². The van der Waals surface area contributed by atoms with Gasteiger partial charge >= 0.3 is 12.1 Å². The highest BCUT2D eigenvalue weighted by atomic mass is 19.4. The Labute approximate surface area is 174 Å². The van der Waals surface area contributed by atoms with Crippen molar-refractivity contribution < 1.29 is 32.6 Å². The molecular formula is C23H27F3O4. The Kier molecular flexibility index (Phi) is 9.15. The van der Waals surface area contributed by atoms with Crippen LogP contribution in [0.3, 0.4) is 0 Å². The average Bonchev–Trinajstić information content (AvgIpc) is 3.14. The molecule has 1 aliphatic rings. The van der Waals surface area contributed by atoms with E-state index in [1.54, 1.807) is 0 Å². The summed E-state index contributed by atoms with van der Waals surface area (Å²) in [7, 11) is 0. The molecular weight excluding hydrogens is 397 g/mol. The highest BCUT2D eigenvalue weighted by Crippen LogP contribution is 2.35. The second-order valence-electron chi connectivity index (χ2n) is 7.49. The molecule has 2 atom stereocenters. The molecule has 1 unspecified atom stereocenters. The van der Waals surface area contributed by atoms with E-state index in [0.717, 1.165) is 44.2 Å². The number of hydrogen-bond acceptors (Lipinski definition) is 3. The molecule has 1 aromatic carbocycles. The maximum atomic E-state index is 12.7. The van der Waals surface area contributed by atoms with Crippen LogP contribution in [0.5, 0.6) is 5.75 Å². The van der Waals surface area contributed by atoms with Crippen molar-refractivity contribution in [3.63, 3.8) is 0 Å². The fourth-order valence-electron chi connectivity index (χ4n) is 3.57. The lowest BCUT2D eigenvalue weighted by molar-refractivity contribution is -0.138. The topological polar surface area (TPSA) is 63.6 Å². The van der Waals surface area contributed by atoms with Gasteiger partial charge in [-0.05, 0) is 68.2 Å². The second kappa shape index (κ2) is 11.6. The summed E-state index contributed by atoms with van der Waals surface area (Å²) in [5, 5.41) is 8.62. The van der Waals surface area contributed by atoms with Crippen molar-refractivity contribution in [3.8, 4) is 5.75 Å². The maximum Gasteiger partial charge on any atom is 0.416 e. The normalized spacial score (nSPS) is 19.6. The van der Waals surface area contributed by atoms with E-state index in [4.69, 9.17) is 9.84 Å². The molecule has 0 amide bonds. The van der Waals surface area contributed by atoms with Crippen molar-refractivity contribution in [1.29, 1.82) is 0 Å². The Hall–Kier alpha value is -2.57. The van der Waals surface area contributed by atoms with Crippen molar-refractivity contribution in [2.75, 3.05) is 6.61 Å². The number of ketones is 1. The van der Waals surface area contributed by atoms with Gasteiger partial charge in [0.05, 0.1) is 5.56 Å². The highest BCUT2D eigenvalue weighted by molar-refractivity contribution is 5.90. The number of benzene rings is 1. The van der Waals surface area contributed by atoms with Gasteiger partial charge in [0.2, 0.25) is 0 Å². The lowest BCUT2D eigenvalue weighted by Gasteiger charge is -2.14. The van der Waals surface area contributed by atoms with Crippen LogP contribution in [0, 0.1) is 11.8 Å². The van der Waals surface area contributed by atoms with Crippen molar-refractivity contribution in [2.45, 2.75) is 51.1 Å². The first-order valence-electron chi connectivity index (χ1n) is 10.1. The number of halogens is 3. The van der Waals surface area contributed by atoms with Gasteiger partial charge in [-0.2, -0.15) is 13.2 Å². The third-order valence-corrected chi connectivity index (χ3v) is 5.16. The molecule has 0 aromatic heterocycles. The third kappa shape index (κ3) is 8.43. The van der Waals surface area contributed by atoms with E-state index in [-0.39, 0.29) is 30.5 Å². The summed E-state index contributed by atoms with van der Waals surface area (Å²) in [4.78, 5) is 22.5. The standard InChI is InChI=1S/C23H27F3O4/c24-23(25,26)19-10-6-11-21(15-19)30-16-20(27)14-13-18-9-5-8-17(18)7-3-1-2-4-12-22(28)29/h1,3,6,10-11,13-15,17-18H,2,4-5,7-9,12,16H2,(H,28,29)/b3-1-,14-13+/t17-,18?/m0/s1. The molecule has 7 heteroatoms. The summed E-state index contributed by atoms with van der Waals surface area (Å²) in [6.45, 7) is -0.307. The Morgan fingerprint density at radius 1 is 1.20 bits per heavy atom. The number of rotatable bonds is 11. The Bertz CT molecular complexity index is 768. The number of unbranched alkanes of at least 4 members (excludes halogenated alkanes) is 1. The van der Waals surface area contributed by atoms with Gasteiger partial charge in [0, 0.05) is 6.42 Å². The van der Waals surface area contributed by atoms with Crippen molar-refractivity contribution in [2.24, 2.45) is 11.8 Å². The zero-order valence-electron chi connectivity index (χ0n) is 16.7. The van der Waals surface area contributed by atoms with Crippen molar-refractivity contribution in [3.05, 3.63) is 54.1 Å². The lowest BCUT2D eigenvalue weighted by Crippen LogP contribution is -2.11. The van der Waals surface area contributed by atoms with Gasteiger partial charge < -0.3 is 9.84 Å². The molecule has 0 spiro atoms. The monoisotopic (exact) mass is 424 g/mol. The average molecular weight is 424 g/mol. The van der Waals surface area contributed by atoms with Crippen LogP contribution in [-0.4, -0.2) is 23.5 Å². The summed E-state index contributed by atoms with van der Waals surface area (Å²) in [6, 6.07) is 4.47. The van der Waals surface area contributed by atoms with E-state index in [1.807, 2.05) is 12.2 Å². The molecule has 4 nitrogen and oxygen atoms in total. The van der Waals surface area contributed by atoms with Crippen LogP contribution >= 0.6 is 0 Å². The molecule has 1 aromatic rings. The smallest absolute Gasteiger partial charge is 0.416 e. The minimum absolute atomic E-state index is 0.0124. The summed E-state index contributed by atoms with van der Waals surface area (Å²) in [6.07, 6.45) is 8.56. The van der Waals surface area contributed by atoms with E-state index < -0.39 is 17.7 Å². The molecule has 0 saturated heterocycles. The summed E-state index contributed by atoms with van der Waals surface area (Å²) >= 11 is 0. The van der Waals surface area contributed by atoms with Crippen molar-refractivity contribution in [1.82, 2.24) is 0 Å². The predicted molar refractivity (Wildman–Crippen MR) is 107 cm³/mol. The molecule has 30 heavy (non-hydrogen) atoms. The number of carboxylic acids is 1. The molecule has 0 bridgehead atoms. The molecule has 0 aliphatic heterocycles. The van der Waals surface area contributed by atoms with E-state index in [2.05, 4.69) is 6.08 Å². The Morgan fingerprint density at radius 3 is 2.73 bits per heavy atom. The summed E-state index contributed by atoms with van der Waals surface area (Å²) in [5.74, 6) is -0.341. The fraction of sp³-hybridized carbons (Fsp3) is 0.478. The van der Waals surface area contributed by atoms with E-state index in [1.165, 1.54) is 18.2 Å². The number of ether oxygens (including phenoxy) is 1. The van der Waals surface area contributed by atoms with E-state index in [0.29, 0.717) is 12.3 Å². The van der Waals surface area contributed by atoms with Crippen molar-refractivity contribution >= 4 is 11.8 Å². The van der Waals surface area contributed by atoms with Crippen LogP contribution in [0.4, 0.5) is 13.2 Å². The van der Waals surface area contributed by atoms with E-state index in [9.17, 15) is 22.8 Å². The minimum atomic E-state index is -4.45. The van der Waals surface area contributed by atoms with Gasteiger partial charge in [-0.1, -0.05) is 30.7 Å². The molecule has 1 N–H and O–H groups in total. The lowest BCUT2D eigenvalue weighted by atomic mass is 9.92. The van der Waals surface area contributed by atoms with Crippen LogP contribution in [0.25, 0.3) is 0 Å². The number of carbonyl (C=O) groups excluding carboxylic acids is 1. The van der Waals surface area contributed by atoms with Crippen LogP contribution in [0.2, 0.25) is 0 Å². The molecule has 2 rings (SSSR count). The zero-order chi connectivity index (χ0) is 22.0. The number of carbonyl (C=O) groups is 2. The van der Waals surface area contributed by atoms with Gasteiger partial charge in [0.25, 0.3) is 0 Å². The number of hydrogen-bond donors (Lipinski definition) is 1. The number of aliphatic carboxylic acids is 1. The number of alkyl halides is 3. The molecule has 1 fully saturated rings. The van der Waals surface area contributed by atoms with Gasteiger partial charge in [0.1, 0.15) is 5.75 Å². The highest BCUT2D eigenvalue weighted by Gasteiger charge is 2.30. The number of carboxylic acid groups (broad SMARTS) is 1. The summed E-state index contributed by atoms with van der Waals surface area (Å²) in [5.41, 5.74) is -0.812.